The maximum atomic E-state index is 12.9. The Hall–Kier alpha value is -2.17. The zero-order valence-electron chi connectivity index (χ0n) is 15.1. The van der Waals surface area contributed by atoms with Crippen LogP contribution in [0, 0.1) is 0 Å². The average molecular weight is 385 g/mol. The van der Waals surface area contributed by atoms with Crippen LogP contribution in [0.5, 0.6) is 5.75 Å². The lowest BCUT2D eigenvalue weighted by Crippen LogP contribution is -2.45. The van der Waals surface area contributed by atoms with Crippen molar-refractivity contribution >= 4 is 21.6 Å². The molecule has 1 aromatic carbocycles. The van der Waals surface area contributed by atoms with Gasteiger partial charge in [0.2, 0.25) is 10.0 Å². The number of amides is 1. The molecule has 2 N–H and O–H groups in total. The molecule has 0 saturated carbocycles. The van der Waals surface area contributed by atoms with Crippen molar-refractivity contribution in [1.82, 2.24) is 9.79 Å². The molecule has 1 saturated heterocycles. The van der Waals surface area contributed by atoms with Gasteiger partial charge >= 0.3 is 0 Å². The molecule has 0 aliphatic carbocycles. The first kappa shape index (κ1) is 20.1. The van der Waals surface area contributed by atoms with Gasteiger partial charge in [-0.25, -0.2) is 13.9 Å². The molecule has 1 atom stereocenters. The fraction of sp³-hybridized carbons (Fsp3) is 0.500. The zero-order valence-corrected chi connectivity index (χ0v) is 15.9. The van der Waals surface area contributed by atoms with E-state index in [0.717, 1.165) is 4.31 Å². The van der Waals surface area contributed by atoms with E-state index in [2.05, 4.69) is 5.16 Å². The number of rotatable bonds is 5. The van der Waals surface area contributed by atoms with Gasteiger partial charge in [-0.2, -0.15) is 4.31 Å². The molecule has 1 fully saturated rings. The van der Waals surface area contributed by atoms with Crippen LogP contribution < -0.4 is 10.2 Å². The standard InChI is InChI=1S/C16H23N3O6S/c1-16(2,3)25-18-11-9-14(15(20)17-21)19(10-11)26(22,23)13-7-5-12(24-4)6-8-13/h5-8,14,21H,9-10H2,1-4H3,(H,17,20)/b18-11-/t14-/m1/s1. The molecule has 144 valence electrons. The lowest BCUT2D eigenvalue weighted by Gasteiger charge is -2.21. The van der Waals surface area contributed by atoms with Crippen LogP contribution in [0.1, 0.15) is 27.2 Å². The van der Waals surface area contributed by atoms with Gasteiger partial charge in [0, 0.05) is 6.42 Å². The minimum absolute atomic E-state index is 0.00651. The van der Waals surface area contributed by atoms with Crippen LogP contribution in [0.2, 0.25) is 0 Å². The molecule has 1 heterocycles. The molecule has 0 unspecified atom stereocenters. The minimum atomic E-state index is -3.99. The smallest absolute Gasteiger partial charge is 0.262 e. The summed E-state index contributed by atoms with van der Waals surface area (Å²) in [5, 5.41) is 12.9. The van der Waals surface area contributed by atoms with E-state index >= 15 is 0 Å². The highest BCUT2D eigenvalue weighted by Gasteiger charge is 2.43. The molecule has 2 rings (SSSR count). The van der Waals surface area contributed by atoms with Crippen LogP contribution in [0.15, 0.2) is 34.3 Å². The van der Waals surface area contributed by atoms with Crippen molar-refractivity contribution < 1.29 is 28.0 Å². The Morgan fingerprint density at radius 1 is 1.31 bits per heavy atom. The summed E-state index contributed by atoms with van der Waals surface area (Å²) in [5.41, 5.74) is 1.35. The van der Waals surface area contributed by atoms with Crippen molar-refractivity contribution in [2.45, 2.75) is 43.7 Å². The van der Waals surface area contributed by atoms with Gasteiger partial charge in [-0.05, 0) is 45.0 Å². The molecule has 1 aromatic rings. The second-order valence-electron chi connectivity index (χ2n) is 6.78. The van der Waals surface area contributed by atoms with Crippen LogP contribution in [-0.4, -0.2) is 54.8 Å². The van der Waals surface area contributed by atoms with E-state index in [1.807, 2.05) is 0 Å². The molecular formula is C16H23N3O6S. The van der Waals surface area contributed by atoms with E-state index in [1.54, 1.807) is 20.8 Å². The number of hydrogen-bond acceptors (Lipinski definition) is 7. The first-order chi connectivity index (χ1) is 12.1. The molecule has 9 nitrogen and oxygen atoms in total. The van der Waals surface area contributed by atoms with Crippen molar-refractivity contribution in [2.24, 2.45) is 5.16 Å². The number of hydrogen-bond donors (Lipinski definition) is 2. The topological polar surface area (TPSA) is 118 Å². The number of hydroxylamine groups is 1. The van der Waals surface area contributed by atoms with E-state index in [0.29, 0.717) is 11.5 Å². The van der Waals surface area contributed by atoms with Crippen LogP contribution in [0.4, 0.5) is 0 Å². The summed E-state index contributed by atoms with van der Waals surface area (Å²) in [6, 6.07) is 4.70. The van der Waals surface area contributed by atoms with Gasteiger partial charge in [0.15, 0.2) is 0 Å². The van der Waals surface area contributed by atoms with E-state index < -0.39 is 27.6 Å². The minimum Gasteiger partial charge on any atom is -0.497 e. The summed E-state index contributed by atoms with van der Waals surface area (Å²) in [6.45, 7) is 5.30. The number of methoxy groups -OCH3 is 1. The summed E-state index contributed by atoms with van der Waals surface area (Å²) in [6.07, 6.45) is 0.0257. The van der Waals surface area contributed by atoms with Gasteiger partial charge < -0.3 is 9.57 Å². The van der Waals surface area contributed by atoms with Crippen molar-refractivity contribution in [2.75, 3.05) is 13.7 Å². The zero-order chi connectivity index (χ0) is 19.5. The summed E-state index contributed by atoms with van der Waals surface area (Å²) < 4.78 is 31.9. The molecule has 1 amide bonds. The van der Waals surface area contributed by atoms with Crippen LogP contribution in [-0.2, 0) is 19.7 Å². The van der Waals surface area contributed by atoms with Gasteiger partial charge in [0.25, 0.3) is 5.91 Å². The third-order valence-electron chi connectivity index (χ3n) is 3.64. The Bertz CT molecular complexity index is 783. The maximum Gasteiger partial charge on any atom is 0.262 e. The molecule has 26 heavy (non-hydrogen) atoms. The monoisotopic (exact) mass is 385 g/mol. The van der Waals surface area contributed by atoms with Gasteiger partial charge in [-0.1, -0.05) is 5.16 Å². The van der Waals surface area contributed by atoms with Gasteiger partial charge in [0.05, 0.1) is 24.3 Å². The number of ether oxygens (including phenoxy) is 1. The highest BCUT2D eigenvalue weighted by Crippen LogP contribution is 2.27. The molecule has 0 spiro atoms. The third kappa shape index (κ3) is 4.51. The van der Waals surface area contributed by atoms with E-state index in [9.17, 15) is 13.2 Å². The van der Waals surface area contributed by atoms with E-state index in [1.165, 1.54) is 36.9 Å². The molecular weight excluding hydrogens is 362 g/mol. The Balaban J connectivity index is 2.34. The Morgan fingerprint density at radius 3 is 2.42 bits per heavy atom. The number of nitrogens with zero attached hydrogens (tertiary/aromatic N) is 2. The first-order valence-electron chi connectivity index (χ1n) is 7.92. The Morgan fingerprint density at radius 2 is 1.92 bits per heavy atom. The average Bonchev–Trinajstić information content (AvgIpc) is 3.04. The SMILES string of the molecule is COc1ccc(S(=O)(=O)N2C/C(=N\OC(C)(C)C)C[C@@H]2C(=O)NO)cc1. The summed E-state index contributed by atoms with van der Waals surface area (Å²) in [4.78, 5) is 17.3. The van der Waals surface area contributed by atoms with Crippen molar-refractivity contribution in [3.05, 3.63) is 24.3 Å². The maximum absolute atomic E-state index is 12.9. The normalized spacial score (nSPS) is 20.2. The molecule has 0 aromatic heterocycles. The van der Waals surface area contributed by atoms with Crippen LogP contribution in [0.25, 0.3) is 0 Å². The Kier molecular flexibility index (Phi) is 5.89. The largest absolute Gasteiger partial charge is 0.497 e. The lowest BCUT2D eigenvalue weighted by atomic mass is 10.2. The lowest BCUT2D eigenvalue weighted by molar-refractivity contribution is -0.132. The summed E-state index contributed by atoms with van der Waals surface area (Å²) in [7, 11) is -2.51. The Labute approximate surface area is 152 Å². The van der Waals surface area contributed by atoms with Crippen LogP contribution >= 0.6 is 0 Å². The van der Waals surface area contributed by atoms with E-state index in [4.69, 9.17) is 14.8 Å². The number of nitrogens with one attached hydrogen (secondary N) is 1. The van der Waals surface area contributed by atoms with Crippen molar-refractivity contribution in [3.8, 4) is 5.75 Å². The molecule has 1 aliphatic heterocycles. The molecule has 0 bridgehead atoms. The number of sulfonamides is 1. The molecule has 0 radical (unpaired) electrons. The van der Waals surface area contributed by atoms with Crippen molar-refractivity contribution in [1.29, 1.82) is 0 Å². The fourth-order valence-electron chi connectivity index (χ4n) is 2.38. The number of carbonyl (C=O) groups is 1. The second-order valence-corrected chi connectivity index (χ2v) is 8.67. The first-order valence-corrected chi connectivity index (χ1v) is 9.36. The highest BCUT2D eigenvalue weighted by atomic mass is 32.2. The summed E-state index contributed by atoms with van der Waals surface area (Å²) in [5.74, 6) is -0.320. The predicted octanol–water partition coefficient (Wildman–Crippen LogP) is 1.13. The number of oxime groups is 1. The number of benzene rings is 1. The fourth-order valence-corrected chi connectivity index (χ4v) is 3.96. The molecule has 1 aliphatic rings. The third-order valence-corrected chi connectivity index (χ3v) is 5.51. The van der Waals surface area contributed by atoms with Crippen molar-refractivity contribution in [3.63, 3.8) is 0 Å². The quantitative estimate of drug-likeness (QED) is 0.580. The van der Waals surface area contributed by atoms with Gasteiger partial charge in [-0.3, -0.25) is 10.0 Å². The molecule has 10 heteroatoms. The van der Waals surface area contributed by atoms with Gasteiger partial charge in [0.1, 0.15) is 17.4 Å². The predicted molar refractivity (Wildman–Crippen MR) is 93.5 cm³/mol. The van der Waals surface area contributed by atoms with E-state index in [-0.39, 0.29) is 17.9 Å². The summed E-state index contributed by atoms with van der Waals surface area (Å²) >= 11 is 0. The second kappa shape index (κ2) is 7.60. The van der Waals surface area contributed by atoms with Gasteiger partial charge in [-0.15, -0.1) is 0 Å². The number of carbonyl (C=O) groups excluding carboxylic acids is 1. The van der Waals surface area contributed by atoms with Crippen LogP contribution in [0.3, 0.4) is 0 Å². The highest BCUT2D eigenvalue weighted by molar-refractivity contribution is 7.89.